The topological polar surface area (TPSA) is 50.4 Å². The van der Waals surface area contributed by atoms with E-state index in [9.17, 15) is 13.6 Å². The van der Waals surface area contributed by atoms with Crippen LogP contribution in [-0.2, 0) is 4.79 Å². The summed E-state index contributed by atoms with van der Waals surface area (Å²) in [6.45, 7) is -0.196. The van der Waals surface area contributed by atoms with E-state index in [0.29, 0.717) is 5.75 Å². The number of benzene rings is 2. The van der Waals surface area contributed by atoms with Gasteiger partial charge in [-0.3, -0.25) is 4.79 Å². The third-order valence-corrected chi connectivity index (χ3v) is 2.76. The Balaban J connectivity index is 1.97. The lowest BCUT2D eigenvalue weighted by Crippen LogP contribution is -2.22. The number of anilines is 2. The Morgan fingerprint density at radius 1 is 1.10 bits per heavy atom. The quantitative estimate of drug-likeness (QED) is 0.890. The average Bonchev–Trinajstić information content (AvgIpc) is 2.49. The van der Waals surface area contributed by atoms with Gasteiger partial charge in [0.05, 0.1) is 25.0 Å². The van der Waals surface area contributed by atoms with Crippen LogP contribution in [0.25, 0.3) is 0 Å². The second kappa shape index (κ2) is 6.69. The van der Waals surface area contributed by atoms with Crippen LogP contribution >= 0.6 is 0 Å². The Hall–Kier alpha value is -2.63. The number of hydrogen-bond donors (Lipinski definition) is 2. The van der Waals surface area contributed by atoms with Crippen LogP contribution in [0.2, 0.25) is 0 Å². The van der Waals surface area contributed by atoms with Gasteiger partial charge in [0.25, 0.3) is 0 Å². The first kappa shape index (κ1) is 14.8. The van der Waals surface area contributed by atoms with E-state index in [4.69, 9.17) is 4.74 Å². The van der Waals surface area contributed by atoms with Gasteiger partial charge in [0.15, 0.2) is 0 Å². The molecule has 2 aromatic rings. The molecule has 0 fully saturated rings. The van der Waals surface area contributed by atoms with Gasteiger partial charge in [-0.15, -0.1) is 0 Å². The van der Waals surface area contributed by atoms with Gasteiger partial charge in [-0.05, 0) is 24.3 Å². The van der Waals surface area contributed by atoms with Gasteiger partial charge in [-0.2, -0.15) is 0 Å². The predicted octanol–water partition coefficient (Wildman–Crippen LogP) is 3.02. The summed E-state index contributed by atoms with van der Waals surface area (Å²) >= 11 is 0. The van der Waals surface area contributed by atoms with E-state index in [0.717, 1.165) is 0 Å². The van der Waals surface area contributed by atoms with Gasteiger partial charge in [-0.25, -0.2) is 8.78 Å². The van der Waals surface area contributed by atoms with Crippen LogP contribution in [0.5, 0.6) is 5.75 Å². The molecular weight excluding hydrogens is 278 g/mol. The third kappa shape index (κ3) is 3.92. The summed E-state index contributed by atoms with van der Waals surface area (Å²) in [5, 5.41) is 5.04. The van der Waals surface area contributed by atoms with E-state index < -0.39 is 17.5 Å². The number of carbonyl (C=O) groups excluding carboxylic acids is 1. The summed E-state index contributed by atoms with van der Waals surface area (Å²) in [5.74, 6) is -1.05. The first-order valence-corrected chi connectivity index (χ1v) is 6.22. The van der Waals surface area contributed by atoms with E-state index in [1.807, 2.05) is 0 Å². The highest BCUT2D eigenvalue weighted by atomic mass is 19.1. The normalized spacial score (nSPS) is 10.0. The molecule has 6 heteroatoms. The minimum absolute atomic E-state index is 0.0791. The summed E-state index contributed by atoms with van der Waals surface area (Å²) in [7, 11) is 1.46. The molecule has 0 aliphatic heterocycles. The van der Waals surface area contributed by atoms with Crippen LogP contribution in [-0.4, -0.2) is 19.6 Å². The van der Waals surface area contributed by atoms with Gasteiger partial charge in [0.2, 0.25) is 5.91 Å². The minimum Gasteiger partial charge on any atom is -0.497 e. The Morgan fingerprint density at radius 2 is 1.81 bits per heavy atom. The van der Waals surface area contributed by atoms with Gasteiger partial charge in [-0.1, -0.05) is 12.1 Å². The molecule has 4 nitrogen and oxygen atoms in total. The zero-order valence-corrected chi connectivity index (χ0v) is 11.3. The van der Waals surface area contributed by atoms with Crippen LogP contribution in [0, 0.1) is 11.6 Å². The molecule has 21 heavy (non-hydrogen) atoms. The molecule has 110 valence electrons. The third-order valence-electron chi connectivity index (χ3n) is 2.76. The maximum absolute atomic E-state index is 13.5. The zero-order valence-electron chi connectivity index (χ0n) is 11.3. The highest BCUT2D eigenvalue weighted by Crippen LogP contribution is 2.20. The van der Waals surface area contributed by atoms with Crippen molar-refractivity contribution in [2.75, 3.05) is 24.3 Å². The monoisotopic (exact) mass is 292 g/mol. The van der Waals surface area contributed by atoms with Gasteiger partial charge < -0.3 is 15.4 Å². The van der Waals surface area contributed by atoms with Crippen molar-refractivity contribution in [2.45, 2.75) is 0 Å². The van der Waals surface area contributed by atoms with Gasteiger partial charge >= 0.3 is 0 Å². The van der Waals surface area contributed by atoms with E-state index >= 15 is 0 Å². The fourth-order valence-corrected chi connectivity index (χ4v) is 1.70. The lowest BCUT2D eigenvalue weighted by molar-refractivity contribution is -0.114. The maximum Gasteiger partial charge on any atom is 0.243 e. The SMILES string of the molecule is COc1ccc(F)c(NCC(=O)Nc2ccccc2F)c1. The smallest absolute Gasteiger partial charge is 0.243 e. The molecule has 0 saturated carbocycles. The number of para-hydroxylation sites is 1. The first-order valence-electron chi connectivity index (χ1n) is 6.22. The Morgan fingerprint density at radius 3 is 2.52 bits per heavy atom. The van der Waals surface area contributed by atoms with E-state index in [2.05, 4.69) is 10.6 Å². The Bertz CT molecular complexity index is 647. The van der Waals surface area contributed by atoms with Crippen molar-refractivity contribution < 1.29 is 18.3 Å². The number of ether oxygens (including phenoxy) is 1. The second-order valence-corrected chi connectivity index (χ2v) is 4.23. The van der Waals surface area contributed by atoms with Crippen molar-refractivity contribution in [3.05, 3.63) is 54.1 Å². The summed E-state index contributed by atoms with van der Waals surface area (Å²) in [6, 6.07) is 9.95. The average molecular weight is 292 g/mol. The molecule has 0 aromatic heterocycles. The molecule has 0 saturated heterocycles. The van der Waals surface area contributed by atoms with Crippen molar-refractivity contribution >= 4 is 17.3 Å². The van der Waals surface area contributed by atoms with Crippen molar-refractivity contribution in [1.29, 1.82) is 0 Å². The fraction of sp³-hybridized carbons (Fsp3) is 0.133. The first-order chi connectivity index (χ1) is 10.1. The van der Waals surface area contributed by atoms with Crippen LogP contribution in [0.15, 0.2) is 42.5 Å². The second-order valence-electron chi connectivity index (χ2n) is 4.23. The number of amides is 1. The number of methoxy groups -OCH3 is 1. The van der Waals surface area contributed by atoms with Crippen molar-refractivity contribution in [3.63, 3.8) is 0 Å². The van der Waals surface area contributed by atoms with Crippen LogP contribution in [0.3, 0.4) is 0 Å². The molecule has 0 atom stereocenters. The number of rotatable bonds is 5. The van der Waals surface area contributed by atoms with E-state index in [1.165, 1.54) is 43.5 Å². The Kier molecular flexibility index (Phi) is 4.71. The van der Waals surface area contributed by atoms with Crippen LogP contribution < -0.4 is 15.4 Å². The molecule has 0 heterocycles. The molecule has 1 amide bonds. The summed E-state index contributed by atoms with van der Waals surface area (Å²) < 4.78 is 31.9. The van der Waals surface area contributed by atoms with E-state index in [-0.39, 0.29) is 17.9 Å². The number of carbonyl (C=O) groups is 1. The summed E-state index contributed by atoms with van der Waals surface area (Å²) in [6.07, 6.45) is 0. The maximum atomic E-state index is 13.5. The molecule has 0 spiro atoms. The number of hydrogen-bond acceptors (Lipinski definition) is 3. The molecule has 0 radical (unpaired) electrons. The lowest BCUT2D eigenvalue weighted by atomic mass is 10.2. The molecule has 0 aliphatic carbocycles. The predicted molar refractivity (Wildman–Crippen MR) is 76.5 cm³/mol. The van der Waals surface area contributed by atoms with Crippen molar-refractivity contribution in [1.82, 2.24) is 0 Å². The molecule has 2 rings (SSSR count). The largest absolute Gasteiger partial charge is 0.497 e. The van der Waals surface area contributed by atoms with Gasteiger partial charge in [0, 0.05) is 6.07 Å². The highest BCUT2D eigenvalue weighted by molar-refractivity contribution is 5.93. The number of nitrogens with one attached hydrogen (secondary N) is 2. The highest BCUT2D eigenvalue weighted by Gasteiger charge is 2.08. The molecule has 2 N–H and O–H groups in total. The molecule has 2 aromatic carbocycles. The van der Waals surface area contributed by atoms with Crippen LogP contribution in [0.1, 0.15) is 0 Å². The van der Waals surface area contributed by atoms with E-state index in [1.54, 1.807) is 6.07 Å². The standard InChI is InChI=1S/C15H14F2N2O2/c1-21-10-6-7-12(17)14(8-10)18-9-15(20)19-13-5-3-2-4-11(13)16/h2-8,18H,9H2,1H3,(H,19,20). The minimum atomic E-state index is -0.529. The lowest BCUT2D eigenvalue weighted by Gasteiger charge is -2.10. The molecular formula is C15H14F2N2O2. The molecule has 0 aliphatic rings. The fourth-order valence-electron chi connectivity index (χ4n) is 1.70. The summed E-state index contributed by atoms with van der Waals surface area (Å²) in [4.78, 5) is 11.7. The molecule has 0 unspecified atom stereocenters. The Labute approximate surface area is 120 Å². The zero-order chi connectivity index (χ0) is 15.2. The molecule has 0 bridgehead atoms. The van der Waals surface area contributed by atoms with Crippen molar-refractivity contribution in [3.8, 4) is 5.75 Å². The number of halogens is 2. The van der Waals surface area contributed by atoms with Crippen LogP contribution in [0.4, 0.5) is 20.2 Å². The summed E-state index contributed by atoms with van der Waals surface area (Å²) in [5.41, 5.74) is 0.216. The van der Waals surface area contributed by atoms with Gasteiger partial charge in [0.1, 0.15) is 17.4 Å². The van der Waals surface area contributed by atoms with Crippen molar-refractivity contribution in [2.24, 2.45) is 0 Å².